The molecule has 2 aliphatic carbocycles. The monoisotopic (exact) mass is 562 g/mol. The van der Waals surface area contributed by atoms with Gasteiger partial charge in [0, 0.05) is 15.6 Å². The zero-order valence-electron chi connectivity index (χ0n) is 18.2. The third-order valence-corrected chi connectivity index (χ3v) is 7.66. The summed E-state index contributed by atoms with van der Waals surface area (Å²) in [6.07, 6.45) is 6.51. The summed E-state index contributed by atoms with van der Waals surface area (Å²) in [5, 5.41) is 6.35. The number of carbonyl (C=O) groups is 2. The van der Waals surface area contributed by atoms with E-state index >= 15 is 0 Å². The van der Waals surface area contributed by atoms with Gasteiger partial charge >= 0.3 is 0 Å². The van der Waals surface area contributed by atoms with Crippen LogP contribution in [0.15, 0.2) is 52.1 Å². The Morgan fingerprint density at radius 1 is 1.09 bits per heavy atom. The molecule has 1 aliphatic heterocycles. The molecule has 0 radical (unpaired) electrons. The molecule has 2 bridgehead atoms. The minimum atomic E-state index is -0.277. The highest BCUT2D eigenvalue weighted by Crippen LogP contribution is 2.52. The van der Waals surface area contributed by atoms with Crippen LogP contribution in [-0.4, -0.2) is 29.6 Å². The van der Waals surface area contributed by atoms with E-state index in [1.807, 2.05) is 6.92 Å². The van der Waals surface area contributed by atoms with Gasteiger partial charge in [0.2, 0.25) is 0 Å². The number of hydrogen-bond acceptors (Lipinski definition) is 5. The van der Waals surface area contributed by atoms with Crippen molar-refractivity contribution in [2.45, 2.75) is 20.0 Å². The molecule has 0 N–H and O–H groups in total. The van der Waals surface area contributed by atoms with Crippen molar-refractivity contribution >= 4 is 57.2 Å². The van der Waals surface area contributed by atoms with Crippen LogP contribution in [-0.2, 0) is 16.2 Å². The zero-order valence-corrected chi connectivity index (χ0v) is 21.3. The number of hydrogen-bond donors (Lipinski definition) is 0. The number of allylic oxidation sites excluding steroid dienone is 2. The van der Waals surface area contributed by atoms with Crippen LogP contribution in [0.3, 0.4) is 0 Å². The lowest BCUT2D eigenvalue weighted by Crippen LogP contribution is -2.28. The van der Waals surface area contributed by atoms with Crippen LogP contribution >= 0.6 is 39.1 Å². The maximum absolute atomic E-state index is 12.9. The van der Waals surface area contributed by atoms with E-state index in [0.29, 0.717) is 38.2 Å². The number of carbonyl (C=O) groups excluding carboxylic acids is 2. The lowest BCUT2D eigenvalue weighted by atomic mass is 9.85. The highest BCUT2D eigenvalue weighted by atomic mass is 79.9. The van der Waals surface area contributed by atoms with Crippen molar-refractivity contribution in [1.82, 2.24) is 5.01 Å². The normalized spacial score (nSPS) is 25.0. The van der Waals surface area contributed by atoms with Gasteiger partial charge in [0.25, 0.3) is 11.8 Å². The first kappa shape index (κ1) is 23.4. The van der Waals surface area contributed by atoms with Crippen LogP contribution in [0.25, 0.3) is 0 Å². The fraction of sp³-hybridized carbons (Fsp3) is 0.320. The third kappa shape index (κ3) is 4.14. The predicted octanol–water partition coefficient (Wildman–Crippen LogP) is 5.87. The molecular formula is C25H21BrCl2N2O4. The average Bonchev–Trinajstić information content (AvgIpc) is 3.47. The standard InChI is InChI=1S/C25H21BrCl2N2O4/c1-2-33-20-8-13(7-18(26)23(20)34-12-16-5-6-17(27)10-19(16)28)11-29-30-24(31)21-14-3-4-15(9-14)22(21)25(30)32/h3-8,10-11,14-15,21-22H,2,9,12H2,1H3/t14-,15-,21-,22+/m0/s1. The number of amides is 2. The molecule has 3 aliphatic rings. The van der Waals surface area contributed by atoms with E-state index in [1.54, 1.807) is 30.3 Å². The van der Waals surface area contributed by atoms with Crippen LogP contribution in [0.4, 0.5) is 0 Å². The van der Waals surface area contributed by atoms with Crippen molar-refractivity contribution in [1.29, 1.82) is 0 Å². The van der Waals surface area contributed by atoms with E-state index in [4.69, 9.17) is 32.7 Å². The Hall–Kier alpha value is -2.35. The summed E-state index contributed by atoms with van der Waals surface area (Å²) in [6, 6.07) is 8.77. The number of hydrazone groups is 1. The van der Waals surface area contributed by atoms with Gasteiger partial charge in [0.1, 0.15) is 6.61 Å². The molecule has 1 heterocycles. The van der Waals surface area contributed by atoms with E-state index < -0.39 is 0 Å². The number of benzene rings is 2. The highest BCUT2D eigenvalue weighted by Gasteiger charge is 2.59. The molecule has 5 rings (SSSR count). The summed E-state index contributed by atoms with van der Waals surface area (Å²) in [7, 11) is 0. The van der Waals surface area contributed by atoms with Gasteiger partial charge in [0.05, 0.1) is 29.1 Å². The Morgan fingerprint density at radius 3 is 2.44 bits per heavy atom. The molecule has 9 heteroatoms. The second kappa shape index (κ2) is 9.36. The molecule has 0 spiro atoms. The first-order chi connectivity index (χ1) is 16.4. The predicted molar refractivity (Wildman–Crippen MR) is 133 cm³/mol. The van der Waals surface area contributed by atoms with Gasteiger partial charge in [-0.1, -0.05) is 41.4 Å². The average molecular weight is 564 g/mol. The molecule has 2 amide bonds. The second-order valence-corrected chi connectivity index (χ2v) is 10.2. The third-order valence-electron chi connectivity index (χ3n) is 6.49. The van der Waals surface area contributed by atoms with Crippen molar-refractivity contribution in [2.75, 3.05) is 6.61 Å². The molecule has 0 unspecified atom stereocenters. The van der Waals surface area contributed by atoms with Gasteiger partial charge in [-0.25, -0.2) is 0 Å². The summed E-state index contributed by atoms with van der Waals surface area (Å²) in [5.41, 5.74) is 1.44. The first-order valence-electron chi connectivity index (χ1n) is 11.0. The molecule has 176 valence electrons. The van der Waals surface area contributed by atoms with Crippen LogP contribution in [0.1, 0.15) is 24.5 Å². The Morgan fingerprint density at radius 2 is 1.79 bits per heavy atom. The van der Waals surface area contributed by atoms with Crippen LogP contribution in [0.2, 0.25) is 10.0 Å². The number of ether oxygens (including phenoxy) is 2. The minimum Gasteiger partial charge on any atom is -0.490 e. The minimum absolute atomic E-state index is 0.149. The lowest BCUT2D eigenvalue weighted by Gasteiger charge is -2.15. The quantitative estimate of drug-likeness (QED) is 0.240. The smallest absolute Gasteiger partial charge is 0.254 e. The van der Waals surface area contributed by atoms with Crippen LogP contribution in [0.5, 0.6) is 11.5 Å². The van der Waals surface area contributed by atoms with Gasteiger partial charge < -0.3 is 9.47 Å². The van der Waals surface area contributed by atoms with Gasteiger partial charge in [-0.05, 0) is 70.9 Å². The van der Waals surface area contributed by atoms with Crippen LogP contribution in [0, 0.1) is 23.7 Å². The number of imide groups is 1. The van der Waals surface area contributed by atoms with Gasteiger partial charge in [-0.3, -0.25) is 9.59 Å². The zero-order chi connectivity index (χ0) is 24.0. The number of nitrogens with zero attached hydrogens (tertiary/aromatic N) is 2. The van der Waals surface area contributed by atoms with Crippen molar-refractivity contribution in [3.8, 4) is 11.5 Å². The van der Waals surface area contributed by atoms with Crippen molar-refractivity contribution < 1.29 is 19.1 Å². The Labute approximate surface area is 215 Å². The maximum atomic E-state index is 12.9. The molecule has 1 saturated heterocycles. The van der Waals surface area contributed by atoms with Crippen LogP contribution < -0.4 is 9.47 Å². The molecule has 34 heavy (non-hydrogen) atoms. The summed E-state index contributed by atoms with van der Waals surface area (Å²) in [6.45, 7) is 2.52. The van der Waals surface area contributed by atoms with E-state index in [9.17, 15) is 9.59 Å². The Bertz CT molecular complexity index is 1200. The van der Waals surface area contributed by atoms with E-state index in [-0.39, 0.29) is 42.1 Å². The summed E-state index contributed by atoms with van der Waals surface area (Å²) in [5.74, 6) is 0.324. The topological polar surface area (TPSA) is 68.2 Å². The first-order valence-corrected chi connectivity index (χ1v) is 12.6. The van der Waals surface area contributed by atoms with Crippen molar-refractivity contribution in [3.05, 3.63) is 68.1 Å². The molecule has 4 atom stereocenters. The molecule has 2 aromatic rings. The fourth-order valence-electron chi connectivity index (χ4n) is 4.98. The number of fused-ring (bicyclic) bond motifs is 5. The SMILES string of the molecule is CCOc1cc(C=NN2C(=O)[C@@H]3[C@H](C2=O)[C@H]2C=C[C@H]3C2)cc(Br)c1OCc1ccc(Cl)cc1Cl. The fourth-order valence-corrected chi connectivity index (χ4v) is 6.02. The second-order valence-electron chi connectivity index (χ2n) is 8.52. The van der Waals surface area contributed by atoms with Gasteiger partial charge in [-0.15, -0.1) is 0 Å². The van der Waals surface area contributed by atoms with E-state index in [2.05, 4.69) is 33.2 Å². The lowest BCUT2D eigenvalue weighted by molar-refractivity contribution is -0.140. The number of halogens is 3. The number of rotatable bonds is 7. The maximum Gasteiger partial charge on any atom is 0.254 e. The Kier molecular flexibility index (Phi) is 6.44. The molecular weight excluding hydrogens is 543 g/mol. The highest BCUT2D eigenvalue weighted by molar-refractivity contribution is 9.10. The van der Waals surface area contributed by atoms with E-state index in [0.717, 1.165) is 17.0 Å². The molecule has 2 fully saturated rings. The summed E-state index contributed by atoms with van der Waals surface area (Å²) in [4.78, 5) is 25.7. The molecule has 0 aromatic heterocycles. The van der Waals surface area contributed by atoms with Gasteiger partial charge in [0.15, 0.2) is 11.5 Å². The van der Waals surface area contributed by atoms with Crippen molar-refractivity contribution in [2.24, 2.45) is 28.8 Å². The summed E-state index contributed by atoms with van der Waals surface area (Å²) >= 11 is 15.8. The van der Waals surface area contributed by atoms with Gasteiger partial charge in [-0.2, -0.15) is 10.1 Å². The molecule has 2 aromatic carbocycles. The largest absolute Gasteiger partial charge is 0.490 e. The van der Waals surface area contributed by atoms with E-state index in [1.165, 1.54) is 6.21 Å². The molecule has 6 nitrogen and oxygen atoms in total. The molecule has 1 saturated carbocycles. The Balaban J connectivity index is 1.35. The summed E-state index contributed by atoms with van der Waals surface area (Å²) < 4.78 is 12.4. The van der Waals surface area contributed by atoms with Crippen molar-refractivity contribution in [3.63, 3.8) is 0 Å².